The molecule has 1 amide bonds. The van der Waals surface area contributed by atoms with Crippen LogP contribution in [0.25, 0.3) is 0 Å². The number of carbonyl (C=O) groups is 2. The molecule has 18 heavy (non-hydrogen) atoms. The van der Waals surface area contributed by atoms with Gasteiger partial charge in [-0.2, -0.15) is 0 Å². The van der Waals surface area contributed by atoms with Crippen LogP contribution >= 0.6 is 0 Å². The Morgan fingerprint density at radius 1 is 1.39 bits per heavy atom. The highest BCUT2D eigenvalue weighted by Crippen LogP contribution is 2.15. The highest BCUT2D eigenvalue weighted by molar-refractivity contribution is 6.17. The van der Waals surface area contributed by atoms with Crippen LogP contribution in [0.4, 0.5) is 0 Å². The topological polar surface area (TPSA) is 67.4 Å². The van der Waals surface area contributed by atoms with Gasteiger partial charge in [0.15, 0.2) is 0 Å². The number of allylic oxidation sites excluding steroid dienone is 1. The van der Waals surface area contributed by atoms with Gasteiger partial charge >= 0.3 is 5.97 Å². The Morgan fingerprint density at radius 2 is 2.17 bits per heavy atom. The van der Waals surface area contributed by atoms with Gasteiger partial charge in [0.05, 0.1) is 6.61 Å². The third-order valence-corrected chi connectivity index (χ3v) is 2.77. The van der Waals surface area contributed by atoms with E-state index in [1.54, 1.807) is 6.92 Å². The van der Waals surface area contributed by atoms with Crippen molar-refractivity contribution in [2.24, 2.45) is 0 Å². The largest absolute Gasteiger partial charge is 0.462 e. The first-order valence-corrected chi connectivity index (χ1v) is 6.63. The summed E-state index contributed by atoms with van der Waals surface area (Å²) in [5, 5.41) is 5.85. The molecule has 0 aliphatic carbocycles. The maximum Gasteiger partial charge on any atom is 0.345 e. The molecule has 0 atom stereocenters. The van der Waals surface area contributed by atoms with Gasteiger partial charge in [-0.25, -0.2) is 4.79 Å². The molecule has 0 spiro atoms. The number of carbonyl (C=O) groups excluding carboxylic acids is 2. The van der Waals surface area contributed by atoms with Crippen LogP contribution in [0.1, 0.15) is 39.5 Å². The third-order valence-electron chi connectivity index (χ3n) is 2.77. The Morgan fingerprint density at radius 3 is 2.72 bits per heavy atom. The number of rotatable bonds is 6. The van der Waals surface area contributed by atoms with Crippen LogP contribution in [-0.4, -0.2) is 31.6 Å². The van der Waals surface area contributed by atoms with Crippen LogP contribution in [0.5, 0.6) is 0 Å². The summed E-state index contributed by atoms with van der Waals surface area (Å²) in [7, 11) is 0. The summed E-state index contributed by atoms with van der Waals surface area (Å²) in [5.41, 5.74) is 0.855. The van der Waals surface area contributed by atoms with Crippen LogP contribution < -0.4 is 10.6 Å². The smallest absolute Gasteiger partial charge is 0.345 e. The highest BCUT2D eigenvalue weighted by Gasteiger charge is 2.25. The van der Waals surface area contributed by atoms with Gasteiger partial charge in [0.25, 0.3) is 5.91 Å². The SMILES string of the molecule is CCCCNC(=O)/C(C(=O)OCC)=C1/CCCN1. The Bertz CT molecular complexity index is 329. The van der Waals surface area contributed by atoms with Crippen molar-refractivity contribution >= 4 is 11.9 Å². The Balaban J connectivity index is 2.74. The molecule has 102 valence electrons. The zero-order valence-electron chi connectivity index (χ0n) is 11.2. The van der Waals surface area contributed by atoms with Gasteiger partial charge in [-0.05, 0) is 26.2 Å². The van der Waals surface area contributed by atoms with Crippen molar-refractivity contribution < 1.29 is 14.3 Å². The minimum Gasteiger partial charge on any atom is -0.462 e. The van der Waals surface area contributed by atoms with Crippen molar-refractivity contribution in [3.05, 3.63) is 11.3 Å². The van der Waals surface area contributed by atoms with Gasteiger partial charge in [0, 0.05) is 18.8 Å². The maximum atomic E-state index is 12.0. The van der Waals surface area contributed by atoms with Crippen LogP contribution in [0.15, 0.2) is 11.3 Å². The number of unbranched alkanes of at least 4 members (excludes halogenated alkanes) is 1. The van der Waals surface area contributed by atoms with E-state index in [1.165, 1.54) is 0 Å². The Hall–Kier alpha value is -1.52. The van der Waals surface area contributed by atoms with Crippen LogP contribution in [0.2, 0.25) is 0 Å². The maximum absolute atomic E-state index is 12.0. The monoisotopic (exact) mass is 254 g/mol. The molecule has 2 N–H and O–H groups in total. The molecule has 1 heterocycles. The zero-order chi connectivity index (χ0) is 13.4. The van der Waals surface area contributed by atoms with E-state index in [4.69, 9.17) is 4.74 Å². The molecule has 5 heteroatoms. The van der Waals surface area contributed by atoms with Crippen LogP contribution in [0.3, 0.4) is 0 Å². The fraction of sp³-hybridized carbons (Fsp3) is 0.692. The zero-order valence-corrected chi connectivity index (χ0v) is 11.2. The normalized spacial score (nSPS) is 17.0. The summed E-state index contributed by atoms with van der Waals surface area (Å²) in [6, 6.07) is 0. The molecule has 0 aromatic carbocycles. The molecule has 1 rings (SSSR count). The molecular weight excluding hydrogens is 232 g/mol. The number of hydrogen-bond acceptors (Lipinski definition) is 4. The first-order chi connectivity index (χ1) is 8.70. The quantitative estimate of drug-likeness (QED) is 0.245. The molecule has 0 saturated carbocycles. The predicted octanol–water partition coefficient (Wildman–Crippen LogP) is 1.10. The van der Waals surface area contributed by atoms with Gasteiger partial charge in [-0.3, -0.25) is 4.79 Å². The molecule has 1 saturated heterocycles. The lowest BCUT2D eigenvalue weighted by molar-refractivity contribution is -0.140. The van der Waals surface area contributed by atoms with E-state index in [9.17, 15) is 9.59 Å². The number of ether oxygens (including phenoxy) is 1. The number of amides is 1. The van der Waals surface area contributed by atoms with Crippen molar-refractivity contribution in [2.75, 3.05) is 19.7 Å². The summed E-state index contributed by atoms with van der Waals surface area (Å²) in [6.45, 7) is 5.45. The lowest BCUT2D eigenvalue weighted by Gasteiger charge is -2.11. The second-order valence-corrected chi connectivity index (χ2v) is 4.21. The number of esters is 1. The second-order valence-electron chi connectivity index (χ2n) is 4.21. The second kappa shape index (κ2) is 7.74. The van der Waals surface area contributed by atoms with E-state index >= 15 is 0 Å². The fourth-order valence-corrected chi connectivity index (χ4v) is 1.83. The average molecular weight is 254 g/mol. The standard InChI is InChI=1S/C13H22N2O3/c1-3-5-8-15-12(16)11(13(17)18-4-2)10-7-6-9-14-10/h14H,3-9H2,1-2H3,(H,15,16)/b11-10+. The third kappa shape index (κ3) is 4.05. The highest BCUT2D eigenvalue weighted by atomic mass is 16.5. The van der Waals surface area contributed by atoms with E-state index in [0.29, 0.717) is 12.2 Å². The van der Waals surface area contributed by atoms with Gasteiger partial charge in [0.1, 0.15) is 5.57 Å². The molecule has 5 nitrogen and oxygen atoms in total. The van der Waals surface area contributed by atoms with Gasteiger partial charge in [0.2, 0.25) is 0 Å². The molecule has 1 fully saturated rings. The molecular formula is C13H22N2O3. The van der Waals surface area contributed by atoms with Crippen LogP contribution in [0, 0.1) is 0 Å². The molecule has 1 aliphatic rings. The van der Waals surface area contributed by atoms with E-state index in [2.05, 4.69) is 17.6 Å². The molecule has 0 aromatic rings. The number of nitrogens with one attached hydrogen (secondary N) is 2. The summed E-state index contributed by atoms with van der Waals surface area (Å²) < 4.78 is 4.95. The van der Waals surface area contributed by atoms with Gasteiger partial charge in [-0.1, -0.05) is 13.3 Å². The predicted molar refractivity (Wildman–Crippen MR) is 68.8 cm³/mol. The first-order valence-electron chi connectivity index (χ1n) is 6.63. The van der Waals surface area contributed by atoms with Gasteiger partial charge in [-0.15, -0.1) is 0 Å². The summed E-state index contributed by atoms with van der Waals surface area (Å²) in [6.07, 6.45) is 3.59. The molecule has 0 bridgehead atoms. The van der Waals surface area contributed by atoms with Crippen LogP contribution in [-0.2, 0) is 14.3 Å². The van der Waals surface area contributed by atoms with Crippen molar-refractivity contribution in [1.82, 2.24) is 10.6 Å². The lowest BCUT2D eigenvalue weighted by atomic mass is 10.1. The molecule has 0 aromatic heterocycles. The van der Waals surface area contributed by atoms with Crippen molar-refractivity contribution in [1.29, 1.82) is 0 Å². The van der Waals surface area contributed by atoms with E-state index in [-0.39, 0.29) is 18.1 Å². The lowest BCUT2D eigenvalue weighted by Crippen LogP contribution is -2.32. The summed E-state index contributed by atoms with van der Waals surface area (Å²) in [5.74, 6) is -0.859. The molecule has 0 radical (unpaired) electrons. The molecule has 1 aliphatic heterocycles. The Kier molecular flexibility index (Phi) is 6.25. The minimum absolute atomic E-state index is 0.144. The van der Waals surface area contributed by atoms with E-state index in [1.807, 2.05) is 0 Å². The van der Waals surface area contributed by atoms with Crippen molar-refractivity contribution in [3.63, 3.8) is 0 Å². The Labute approximate surface area is 108 Å². The average Bonchev–Trinajstić information content (AvgIpc) is 2.83. The van der Waals surface area contributed by atoms with Crippen molar-refractivity contribution in [3.8, 4) is 0 Å². The van der Waals surface area contributed by atoms with E-state index in [0.717, 1.165) is 32.2 Å². The minimum atomic E-state index is -0.532. The first kappa shape index (κ1) is 14.5. The van der Waals surface area contributed by atoms with Crippen molar-refractivity contribution in [2.45, 2.75) is 39.5 Å². The van der Waals surface area contributed by atoms with E-state index < -0.39 is 5.97 Å². The summed E-state index contributed by atoms with van der Waals surface area (Å²) >= 11 is 0. The van der Waals surface area contributed by atoms with Gasteiger partial charge < -0.3 is 15.4 Å². The number of hydrogen-bond donors (Lipinski definition) is 2. The molecule has 0 unspecified atom stereocenters. The fourth-order valence-electron chi connectivity index (χ4n) is 1.83. The summed E-state index contributed by atoms with van der Waals surface area (Å²) in [4.78, 5) is 23.8.